The Hall–Kier alpha value is -1.16. The largest absolute Gasteiger partial charge is 0.391 e. The van der Waals surface area contributed by atoms with Crippen molar-refractivity contribution in [2.45, 2.75) is 26.9 Å². The van der Waals surface area contributed by atoms with Crippen LogP contribution in [0.15, 0.2) is 6.20 Å². The van der Waals surface area contributed by atoms with Gasteiger partial charge in [0.15, 0.2) is 0 Å². The fraction of sp³-hybridized carbons (Fsp3) is 0.556. The normalized spacial score (nSPS) is 10.1. The van der Waals surface area contributed by atoms with Crippen LogP contribution in [0.25, 0.3) is 0 Å². The molecule has 72 valence electrons. The van der Waals surface area contributed by atoms with E-state index >= 15 is 0 Å². The number of nitrogens with zero attached hydrogens (tertiary/aromatic N) is 2. The van der Waals surface area contributed by atoms with Crippen LogP contribution in [-0.4, -0.2) is 21.6 Å². The molecule has 0 saturated heterocycles. The topological polar surface area (TPSA) is 58.0 Å². The van der Waals surface area contributed by atoms with Gasteiger partial charge >= 0.3 is 0 Å². The van der Waals surface area contributed by atoms with Crippen LogP contribution >= 0.6 is 0 Å². The lowest BCUT2D eigenvalue weighted by molar-refractivity contribution is 0.281. The van der Waals surface area contributed by atoms with E-state index in [9.17, 15) is 0 Å². The third-order valence-corrected chi connectivity index (χ3v) is 1.70. The van der Waals surface area contributed by atoms with Crippen molar-refractivity contribution < 1.29 is 5.11 Å². The lowest BCUT2D eigenvalue weighted by atomic mass is 10.3. The lowest BCUT2D eigenvalue weighted by Gasteiger charge is -2.08. The van der Waals surface area contributed by atoms with Crippen LogP contribution in [0, 0.1) is 6.92 Å². The summed E-state index contributed by atoms with van der Waals surface area (Å²) in [6, 6.07) is 0. The molecular formula is C9H15N3O. The van der Waals surface area contributed by atoms with Gasteiger partial charge in [-0.2, -0.15) is 0 Å². The van der Waals surface area contributed by atoms with Crippen molar-refractivity contribution in [3.63, 3.8) is 0 Å². The number of rotatable bonds is 4. The molecule has 0 amide bonds. The average Bonchev–Trinajstić information content (AvgIpc) is 2.15. The van der Waals surface area contributed by atoms with E-state index in [0.717, 1.165) is 30.2 Å². The average molecular weight is 181 g/mol. The Kier molecular flexibility index (Phi) is 3.64. The minimum atomic E-state index is -0.0215. The molecule has 0 unspecified atom stereocenters. The first-order valence-electron chi connectivity index (χ1n) is 4.45. The highest BCUT2D eigenvalue weighted by Crippen LogP contribution is 2.10. The number of aromatic nitrogens is 2. The third-order valence-electron chi connectivity index (χ3n) is 1.70. The maximum atomic E-state index is 8.99. The van der Waals surface area contributed by atoms with Crippen LogP contribution in [0.5, 0.6) is 0 Å². The molecule has 0 aliphatic rings. The molecule has 1 aromatic heterocycles. The van der Waals surface area contributed by atoms with E-state index in [1.165, 1.54) is 0 Å². The number of nitrogens with one attached hydrogen (secondary N) is 1. The molecule has 13 heavy (non-hydrogen) atoms. The van der Waals surface area contributed by atoms with Crippen LogP contribution < -0.4 is 5.32 Å². The predicted octanol–water partition coefficient (Wildman–Crippen LogP) is 1.10. The second-order valence-corrected chi connectivity index (χ2v) is 2.88. The Balaban J connectivity index is 2.81. The summed E-state index contributed by atoms with van der Waals surface area (Å²) in [6.07, 6.45) is 2.69. The SMILES string of the molecule is CCCNc1nc(C)ncc1CO. The van der Waals surface area contributed by atoms with Crippen molar-refractivity contribution in [3.8, 4) is 0 Å². The Morgan fingerprint density at radius 1 is 1.54 bits per heavy atom. The summed E-state index contributed by atoms with van der Waals surface area (Å²) < 4.78 is 0. The van der Waals surface area contributed by atoms with Crippen LogP contribution in [0.2, 0.25) is 0 Å². The number of aliphatic hydroxyl groups is 1. The van der Waals surface area contributed by atoms with Crippen molar-refractivity contribution in [1.82, 2.24) is 9.97 Å². The van der Waals surface area contributed by atoms with Crippen molar-refractivity contribution in [2.75, 3.05) is 11.9 Å². The molecule has 0 saturated carbocycles. The maximum absolute atomic E-state index is 8.99. The van der Waals surface area contributed by atoms with E-state index in [1.54, 1.807) is 6.20 Å². The van der Waals surface area contributed by atoms with Crippen LogP contribution in [0.3, 0.4) is 0 Å². The molecule has 2 N–H and O–H groups in total. The number of aryl methyl sites for hydroxylation is 1. The van der Waals surface area contributed by atoms with Crippen LogP contribution in [0.1, 0.15) is 24.7 Å². The quantitative estimate of drug-likeness (QED) is 0.730. The molecule has 0 spiro atoms. The first kappa shape index (κ1) is 9.92. The molecular weight excluding hydrogens is 166 g/mol. The zero-order valence-electron chi connectivity index (χ0n) is 8.04. The minimum absolute atomic E-state index is 0.0215. The van der Waals surface area contributed by atoms with Gasteiger partial charge in [-0.3, -0.25) is 0 Å². The van der Waals surface area contributed by atoms with Gasteiger partial charge in [-0.25, -0.2) is 9.97 Å². The van der Waals surface area contributed by atoms with E-state index in [4.69, 9.17) is 5.11 Å². The van der Waals surface area contributed by atoms with Crippen LogP contribution in [-0.2, 0) is 6.61 Å². The molecule has 1 rings (SSSR count). The van der Waals surface area contributed by atoms with Crippen molar-refractivity contribution in [3.05, 3.63) is 17.6 Å². The number of anilines is 1. The third kappa shape index (κ3) is 2.66. The van der Waals surface area contributed by atoms with Crippen molar-refractivity contribution in [2.24, 2.45) is 0 Å². The molecule has 0 atom stereocenters. The van der Waals surface area contributed by atoms with E-state index in [2.05, 4.69) is 22.2 Å². The number of hydrogen-bond acceptors (Lipinski definition) is 4. The molecule has 0 aromatic carbocycles. The van der Waals surface area contributed by atoms with Gasteiger partial charge in [0.1, 0.15) is 11.6 Å². The Morgan fingerprint density at radius 2 is 2.31 bits per heavy atom. The zero-order valence-corrected chi connectivity index (χ0v) is 8.04. The fourth-order valence-electron chi connectivity index (χ4n) is 1.01. The van der Waals surface area contributed by atoms with E-state index < -0.39 is 0 Å². The molecule has 1 heterocycles. The zero-order chi connectivity index (χ0) is 9.68. The van der Waals surface area contributed by atoms with Gasteiger partial charge in [0.05, 0.1) is 6.61 Å². The Labute approximate surface area is 78.0 Å². The molecule has 1 aromatic rings. The van der Waals surface area contributed by atoms with Gasteiger partial charge in [0, 0.05) is 18.3 Å². The highest BCUT2D eigenvalue weighted by Gasteiger charge is 2.02. The van der Waals surface area contributed by atoms with Crippen molar-refractivity contribution in [1.29, 1.82) is 0 Å². The van der Waals surface area contributed by atoms with E-state index in [0.29, 0.717) is 0 Å². The van der Waals surface area contributed by atoms with Gasteiger partial charge in [0.2, 0.25) is 0 Å². The summed E-state index contributed by atoms with van der Waals surface area (Å²) in [4.78, 5) is 8.21. The lowest BCUT2D eigenvalue weighted by Crippen LogP contribution is -2.07. The summed E-state index contributed by atoms with van der Waals surface area (Å²) in [7, 11) is 0. The second-order valence-electron chi connectivity index (χ2n) is 2.88. The molecule has 0 aliphatic carbocycles. The first-order chi connectivity index (χ1) is 6.27. The molecule has 0 aliphatic heterocycles. The van der Waals surface area contributed by atoms with Gasteiger partial charge in [-0.1, -0.05) is 6.92 Å². The van der Waals surface area contributed by atoms with Gasteiger partial charge < -0.3 is 10.4 Å². The summed E-state index contributed by atoms with van der Waals surface area (Å²) in [5, 5.41) is 12.1. The molecule has 0 bridgehead atoms. The van der Waals surface area contributed by atoms with Gasteiger partial charge in [0.25, 0.3) is 0 Å². The summed E-state index contributed by atoms with van der Waals surface area (Å²) in [5.41, 5.74) is 0.749. The maximum Gasteiger partial charge on any atom is 0.135 e. The fourth-order valence-corrected chi connectivity index (χ4v) is 1.01. The molecule has 0 radical (unpaired) electrons. The molecule has 4 nitrogen and oxygen atoms in total. The predicted molar refractivity (Wildman–Crippen MR) is 51.5 cm³/mol. The Morgan fingerprint density at radius 3 is 2.92 bits per heavy atom. The number of aliphatic hydroxyl groups excluding tert-OH is 1. The standard InChI is InChI=1S/C9H15N3O/c1-3-4-10-9-8(6-13)5-11-7(2)12-9/h5,13H,3-4,6H2,1-2H3,(H,10,11,12). The van der Waals surface area contributed by atoms with E-state index in [1.807, 2.05) is 6.92 Å². The van der Waals surface area contributed by atoms with E-state index in [-0.39, 0.29) is 6.61 Å². The summed E-state index contributed by atoms with van der Waals surface area (Å²) >= 11 is 0. The monoisotopic (exact) mass is 181 g/mol. The minimum Gasteiger partial charge on any atom is -0.391 e. The molecule has 0 fully saturated rings. The van der Waals surface area contributed by atoms with Crippen molar-refractivity contribution >= 4 is 5.82 Å². The van der Waals surface area contributed by atoms with Gasteiger partial charge in [-0.05, 0) is 13.3 Å². The smallest absolute Gasteiger partial charge is 0.135 e. The number of hydrogen-bond donors (Lipinski definition) is 2. The first-order valence-corrected chi connectivity index (χ1v) is 4.45. The highest BCUT2D eigenvalue weighted by atomic mass is 16.3. The Bertz CT molecular complexity index is 276. The second kappa shape index (κ2) is 4.77. The van der Waals surface area contributed by atoms with Crippen LogP contribution in [0.4, 0.5) is 5.82 Å². The highest BCUT2D eigenvalue weighted by molar-refractivity contribution is 5.42. The summed E-state index contributed by atoms with van der Waals surface area (Å²) in [6.45, 7) is 4.76. The summed E-state index contributed by atoms with van der Waals surface area (Å²) in [5.74, 6) is 1.47. The molecule has 4 heteroatoms. The van der Waals surface area contributed by atoms with Gasteiger partial charge in [-0.15, -0.1) is 0 Å².